The first-order chi connectivity index (χ1) is 9.29. The number of benzene rings is 1. The zero-order valence-corrected chi connectivity index (χ0v) is 10.6. The molecule has 0 amide bonds. The molecular weight excluding hydrogens is 238 g/mol. The second-order valence-corrected chi connectivity index (χ2v) is 4.25. The van der Waals surface area contributed by atoms with Gasteiger partial charge in [0, 0.05) is 18.1 Å². The topological polar surface area (TPSA) is 47.8 Å². The van der Waals surface area contributed by atoms with Crippen LogP contribution in [0, 0.1) is 0 Å². The number of fused-ring (bicyclic) bond motifs is 1. The summed E-state index contributed by atoms with van der Waals surface area (Å²) in [6, 6.07) is 13.2. The summed E-state index contributed by atoms with van der Waals surface area (Å²) < 4.78 is 1.68. The second-order valence-electron chi connectivity index (χ2n) is 4.25. The van der Waals surface area contributed by atoms with Crippen molar-refractivity contribution in [2.45, 2.75) is 13.5 Å². The van der Waals surface area contributed by atoms with Crippen LogP contribution in [0.4, 0.5) is 0 Å². The highest BCUT2D eigenvalue weighted by molar-refractivity contribution is 6.07. The Kier molecular flexibility index (Phi) is 2.83. The lowest BCUT2D eigenvalue weighted by atomic mass is 10.1. The van der Waals surface area contributed by atoms with Crippen molar-refractivity contribution in [1.29, 1.82) is 0 Å². The molecule has 2 heterocycles. The molecule has 2 aromatic heterocycles. The largest absolute Gasteiger partial charge is 0.285 e. The van der Waals surface area contributed by atoms with Crippen LogP contribution < -0.4 is 0 Å². The van der Waals surface area contributed by atoms with Crippen LogP contribution in [0.25, 0.3) is 10.9 Å². The van der Waals surface area contributed by atoms with Gasteiger partial charge in [0.15, 0.2) is 0 Å². The van der Waals surface area contributed by atoms with E-state index in [1.165, 1.54) is 0 Å². The molecule has 1 aromatic carbocycles. The van der Waals surface area contributed by atoms with Crippen LogP contribution in [0.15, 0.2) is 48.7 Å². The van der Waals surface area contributed by atoms with Gasteiger partial charge in [0.2, 0.25) is 5.78 Å². The molecule has 0 radical (unpaired) electrons. The van der Waals surface area contributed by atoms with Gasteiger partial charge in [-0.2, -0.15) is 5.10 Å². The Morgan fingerprint density at radius 3 is 2.84 bits per heavy atom. The van der Waals surface area contributed by atoms with Crippen molar-refractivity contribution in [1.82, 2.24) is 14.8 Å². The lowest BCUT2D eigenvalue weighted by Crippen LogP contribution is -2.11. The van der Waals surface area contributed by atoms with Crippen molar-refractivity contribution < 1.29 is 4.79 Å². The van der Waals surface area contributed by atoms with E-state index in [0.717, 1.165) is 10.9 Å². The van der Waals surface area contributed by atoms with Crippen molar-refractivity contribution >= 4 is 16.7 Å². The Bertz CT molecular complexity index is 746. The highest BCUT2D eigenvalue weighted by Gasteiger charge is 2.15. The smallest absolute Gasteiger partial charge is 0.229 e. The number of pyridine rings is 1. The van der Waals surface area contributed by atoms with Crippen LogP contribution in [0.5, 0.6) is 0 Å². The standard InChI is InChI=1S/C15H13N3O/c1-2-18-14(9-10-16-18)15(19)13-8-7-11-5-3-4-6-12(11)17-13/h3-10H,2H2,1H3. The minimum absolute atomic E-state index is 0.0925. The summed E-state index contributed by atoms with van der Waals surface area (Å²) in [4.78, 5) is 16.8. The number of rotatable bonds is 3. The van der Waals surface area contributed by atoms with Gasteiger partial charge < -0.3 is 0 Å². The number of para-hydroxylation sites is 1. The quantitative estimate of drug-likeness (QED) is 0.672. The number of aromatic nitrogens is 3. The van der Waals surface area contributed by atoms with E-state index in [2.05, 4.69) is 10.1 Å². The molecule has 0 fully saturated rings. The van der Waals surface area contributed by atoms with E-state index in [-0.39, 0.29) is 5.78 Å². The summed E-state index contributed by atoms with van der Waals surface area (Å²) in [5.74, 6) is -0.0925. The van der Waals surface area contributed by atoms with E-state index in [1.807, 2.05) is 37.3 Å². The number of hydrogen-bond donors (Lipinski definition) is 0. The van der Waals surface area contributed by atoms with Gasteiger partial charge in [0.1, 0.15) is 11.4 Å². The van der Waals surface area contributed by atoms with E-state index in [9.17, 15) is 4.79 Å². The SMILES string of the molecule is CCn1nccc1C(=O)c1ccc2ccccc2n1. The van der Waals surface area contributed by atoms with Crippen LogP contribution in [-0.4, -0.2) is 20.5 Å². The van der Waals surface area contributed by atoms with Gasteiger partial charge in [0.25, 0.3) is 0 Å². The third kappa shape index (κ3) is 2.01. The Morgan fingerprint density at radius 2 is 2.00 bits per heavy atom. The highest BCUT2D eigenvalue weighted by Crippen LogP contribution is 2.14. The number of hydrogen-bond acceptors (Lipinski definition) is 3. The second kappa shape index (κ2) is 4.65. The molecule has 0 saturated carbocycles. The molecule has 3 rings (SSSR count). The summed E-state index contributed by atoms with van der Waals surface area (Å²) in [6.45, 7) is 2.62. The van der Waals surface area contributed by atoms with Gasteiger partial charge in [-0.1, -0.05) is 24.3 Å². The molecule has 94 valence electrons. The molecular formula is C15H13N3O. The minimum atomic E-state index is -0.0925. The fraction of sp³-hybridized carbons (Fsp3) is 0.133. The molecule has 0 saturated heterocycles. The maximum Gasteiger partial charge on any atom is 0.229 e. The predicted octanol–water partition coefficient (Wildman–Crippen LogP) is 2.68. The molecule has 0 unspecified atom stereocenters. The lowest BCUT2D eigenvalue weighted by Gasteiger charge is -2.04. The third-order valence-corrected chi connectivity index (χ3v) is 3.08. The molecule has 3 aromatic rings. The van der Waals surface area contributed by atoms with Crippen LogP contribution in [0.1, 0.15) is 23.1 Å². The highest BCUT2D eigenvalue weighted by atomic mass is 16.1. The van der Waals surface area contributed by atoms with Crippen LogP contribution >= 0.6 is 0 Å². The van der Waals surface area contributed by atoms with E-state index >= 15 is 0 Å². The normalized spacial score (nSPS) is 10.8. The average molecular weight is 251 g/mol. The van der Waals surface area contributed by atoms with Gasteiger partial charge in [-0.3, -0.25) is 9.48 Å². The first kappa shape index (κ1) is 11.6. The molecule has 0 atom stereocenters. The maximum atomic E-state index is 12.4. The first-order valence-electron chi connectivity index (χ1n) is 6.22. The Balaban J connectivity index is 2.06. The molecule has 4 nitrogen and oxygen atoms in total. The fourth-order valence-corrected chi connectivity index (χ4v) is 2.10. The summed E-state index contributed by atoms with van der Waals surface area (Å²) in [6.07, 6.45) is 1.64. The van der Waals surface area contributed by atoms with E-state index in [0.29, 0.717) is 17.9 Å². The van der Waals surface area contributed by atoms with Crippen molar-refractivity contribution in [3.63, 3.8) is 0 Å². The molecule has 0 aliphatic carbocycles. The van der Waals surface area contributed by atoms with Crippen molar-refractivity contribution in [2.24, 2.45) is 0 Å². The van der Waals surface area contributed by atoms with Gasteiger partial charge in [-0.15, -0.1) is 0 Å². The molecule has 0 bridgehead atoms. The number of carbonyl (C=O) groups is 1. The molecule has 0 aliphatic rings. The minimum Gasteiger partial charge on any atom is -0.285 e. The van der Waals surface area contributed by atoms with Crippen molar-refractivity contribution in [2.75, 3.05) is 0 Å². The van der Waals surface area contributed by atoms with E-state index < -0.39 is 0 Å². The third-order valence-electron chi connectivity index (χ3n) is 3.08. The summed E-state index contributed by atoms with van der Waals surface area (Å²) >= 11 is 0. The monoisotopic (exact) mass is 251 g/mol. The number of ketones is 1. The van der Waals surface area contributed by atoms with E-state index in [4.69, 9.17) is 0 Å². The molecule has 0 aliphatic heterocycles. The zero-order chi connectivity index (χ0) is 13.2. The summed E-state index contributed by atoms with van der Waals surface area (Å²) in [7, 11) is 0. The number of carbonyl (C=O) groups excluding carboxylic acids is 1. The molecule has 19 heavy (non-hydrogen) atoms. The van der Waals surface area contributed by atoms with Gasteiger partial charge in [-0.25, -0.2) is 4.98 Å². The predicted molar refractivity (Wildman–Crippen MR) is 73.1 cm³/mol. The first-order valence-corrected chi connectivity index (χ1v) is 6.22. The summed E-state index contributed by atoms with van der Waals surface area (Å²) in [5, 5.41) is 5.14. The average Bonchev–Trinajstić information content (AvgIpc) is 2.94. The Labute approximate surface area is 110 Å². The van der Waals surface area contributed by atoms with Crippen LogP contribution in [-0.2, 0) is 6.54 Å². The van der Waals surface area contributed by atoms with Gasteiger partial charge in [-0.05, 0) is 25.1 Å². The van der Waals surface area contributed by atoms with Crippen LogP contribution in [0.3, 0.4) is 0 Å². The molecule has 4 heteroatoms. The van der Waals surface area contributed by atoms with Gasteiger partial charge >= 0.3 is 0 Å². The van der Waals surface area contributed by atoms with Crippen molar-refractivity contribution in [3.8, 4) is 0 Å². The Hall–Kier alpha value is -2.49. The Morgan fingerprint density at radius 1 is 1.16 bits per heavy atom. The number of aryl methyl sites for hydroxylation is 1. The lowest BCUT2D eigenvalue weighted by molar-refractivity contribution is 0.102. The van der Waals surface area contributed by atoms with Gasteiger partial charge in [0.05, 0.1) is 5.52 Å². The molecule has 0 spiro atoms. The maximum absolute atomic E-state index is 12.4. The zero-order valence-electron chi connectivity index (χ0n) is 10.6. The van der Waals surface area contributed by atoms with Crippen molar-refractivity contribution in [3.05, 3.63) is 60.0 Å². The van der Waals surface area contributed by atoms with Crippen LogP contribution in [0.2, 0.25) is 0 Å². The fourth-order valence-electron chi connectivity index (χ4n) is 2.10. The van der Waals surface area contributed by atoms with E-state index in [1.54, 1.807) is 23.0 Å². The molecule has 0 N–H and O–H groups in total. The summed E-state index contributed by atoms with van der Waals surface area (Å²) in [5.41, 5.74) is 1.86. The number of nitrogens with zero attached hydrogens (tertiary/aromatic N) is 3.